The van der Waals surface area contributed by atoms with Gasteiger partial charge in [0.05, 0.1) is 17.7 Å². The summed E-state index contributed by atoms with van der Waals surface area (Å²) >= 11 is 3.46. The van der Waals surface area contributed by atoms with Crippen LogP contribution in [0, 0.1) is 6.92 Å². The lowest BCUT2D eigenvalue weighted by molar-refractivity contribution is -0.140. The maximum absolute atomic E-state index is 14.6. The highest BCUT2D eigenvalue weighted by Gasteiger charge is 2.35. The Hall–Kier alpha value is -4.15. The minimum Gasteiger partial charge on any atom is -0.495 e. The van der Waals surface area contributed by atoms with Crippen molar-refractivity contribution >= 4 is 43.5 Å². The summed E-state index contributed by atoms with van der Waals surface area (Å²) in [5.41, 5.74) is 2.68. The van der Waals surface area contributed by atoms with Crippen LogP contribution >= 0.6 is 15.9 Å². The van der Waals surface area contributed by atoms with Gasteiger partial charge in [-0.15, -0.1) is 0 Å². The molecule has 1 N–H and O–H groups in total. The van der Waals surface area contributed by atoms with Gasteiger partial charge in [0.15, 0.2) is 0 Å². The molecular formula is C35H38BrN3O5S. The average molecular weight is 693 g/mol. The molecule has 236 valence electrons. The van der Waals surface area contributed by atoms with Crippen molar-refractivity contribution in [3.05, 3.63) is 124 Å². The molecule has 0 saturated heterocycles. The Morgan fingerprint density at radius 3 is 2.16 bits per heavy atom. The quantitative estimate of drug-likeness (QED) is 0.172. The van der Waals surface area contributed by atoms with Crippen molar-refractivity contribution in [3.8, 4) is 5.75 Å². The second-order valence-electron chi connectivity index (χ2n) is 10.6. The largest absolute Gasteiger partial charge is 0.495 e. The van der Waals surface area contributed by atoms with Gasteiger partial charge < -0.3 is 15.0 Å². The minimum atomic E-state index is -4.23. The lowest BCUT2D eigenvalue weighted by Crippen LogP contribution is -2.53. The number of carbonyl (C=O) groups is 2. The molecule has 4 aromatic carbocycles. The first kappa shape index (κ1) is 33.7. The number of hydrogen-bond donors (Lipinski definition) is 1. The molecule has 4 aromatic rings. The van der Waals surface area contributed by atoms with Gasteiger partial charge in [-0.25, -0.2) is 8.42 Å². The van der Waals surface area contributed by atoms with Gasteiger partial charge in [0.25, 0.3) is 10.0 Å². The number of ether oxygens (including phenoxy) is 1. The molecule has 0 aliphatic heterocycles. The molecule has 0 fully saturated rings. The van der Waals surface area contributed by atoms with Crippen LogP contribution in [0.25, 0.3) is 0 Å². The van der Waals surface area contributed by atoms with Gasteiger partial charge in [-0.2, -0.15) is 0 Å². The molecule has 2 amide bonds. The van der Waals surface area contributed by atoms with E-state index in [1.807, 2.05) is 74.5 Å². The van der Waals surface area contributed by atoms with Crippen molar-refractivity contribution in [1.29, 1.82) is 0 Å². The average Bonchev–Trinajstić information content (AvgIpc) is 3.05. The van der Waals surface area contributed by atoms with Gasteiger partial charge in [-0.05, 0) is 66.4 Å². The summed E-state index contributed by atoms with van der Waals surface area (Å²) in [5, 5.41) is 2.96. The molecule has 0 bridgehead atoms. The summed E-state index contributed by atoms with van der Waals surface area (Å²) in [6.07, 6.45) is 0.971. The van der Waals surface area contributed by atoms with E-state index in [1.54, 1.807) is 30.3 Å². The molecule has 0 radical (unpaired) electrons. The maximum Gasteiger partial charge on any atom is 0.264 e. The van der Waals surface area contributed by atoms with Gasteiger partial charge in [-0.1, -0.05) is 89.6 Å². The van der Waals surface area contributed by atoms with E-state index in [2.05, 4.69) is 21.2 Å². The van der Waals surface area contributed by atoms with Gasteiger partial charge in [0.2, 0.25) is 11.8 Å². The number of nitrogens with one attached hydrogen (secondary N) is 1. The molecule has 0 aromatic heterocycles. The molecule has 4 rings (SSSR count). The first-order valence-electron chi connectivity index (χ1n) is 14.7. The highest BCUT2D eigenvalue weighted by molar-refractivity contribution is 9.10. The van der Waals surface area contributed by atoms with E-state index in [0.717, 1.165) is 31.9 Å². The number of aryl methyl sites for hydroxylation is 1. The molecule has 45 heavy (non-hydrogen) atoms. The van der Waals surface area contributed by atoms with E-state index in [-0.39, 0.29) is 29.5 Å². The fourth-order valence-electron chi connectivity index (χ4n) is 4.93. The van der Waals surface area contributed by atoms with Gasteiger partial charge >= 0.3 is 0 Å². The predicted octanol–water partition coefficient (Wildman–Crippen LogP) is 6.13. The molecule has 8 nitrogen and oxygen atoms in total. The van der Waals surface area contributed by atoms with Crippen LogP contribution in [0.3, 0.4) is 0 Å². The van der Waals surface area contributed by atoms with Crippen molar-refractivity contribution in [1.82, 2.24) is 10.2 Å². The fourth-order valence-corrected chi connectivity index (χ4v) is 6.64. The minimum absolute atomic E-state index is 0.0299. The molecule has 0 saturated carbocycles. The third-order valence-electron chi connectivity index (χ3n) is 7.30. The third-order valence-corrected chi connectivity index (χ3v) is 9.60. The van der Waals surface area contributed by atoms with Crippen molar-refractivity contribution in [2.45, 2.75) is 44.2 Å². The Bertz CT molecular complexity index is 1680. The van der Waals surface area contributed by atoms with E-state index in [1.165, 1.54) is 24.1 Å². The van der Waals surface area contributed by atoms with E-state index < -0.39 is 28.5 Å². The lowest BCUT2D eigenvalue weighted by Gasteiger charge is -2.34. The molecule has 0 aliphatic carbocycles. The molecule has 0 aliphatic rings. The summed E-state index contributed by atoms with van der Waals surface area (Å²) in [7, 11) is -2.78. The molecule has 1 atom stereocenters. The normalized spacial score (nSPS) is 11.8. The van der Waals surface area contributed by atoms with E-state index in [4.69, 9.17) is 4.74 Å². The van der Waals surface area contributed by atoms with Crippen LogP contribution < -0.4 is 14.4 Å². The van der Waals surface area contributed by atoms with Crippen molar-refractivity contribution in [2.75, 3.05) is 24.5 Å². The predicted molar refractivity (Wildman–Crippen MR) is 181 cm³/mol. The molecule has 0 spiro atoms. The van der Waals surface area contributed by atoms with Crippen LogP contribution in [0.4, 0.5) is 5.69 Å². The highest BCUT2D eigenvalue weighted by atomic mass is 79.9. The molecule has 10 heteroatoms. The Labute approximate surface area is 274 Å². The Balaban J connectivity index is 1.83. The van der Waals surface area contributed by atoms with Crippen LogP contribution in [0.2, 0.25) is 0 Å². The zero-order chi connectivity index (χ0) is 32.4. The Morgan fingerprint density at radius 1 is 0.889 bits per heavy atom. The van der Waals surface area contributed by atoms with Crippen molar-refractivity contribution in [3.63, 3.8) is 0 Å². The number of halogens is 1. The summed E-state index contributed by atoms with van der Waals surface area (Å²) in [4.78, 5) is 29.8. The molecule has 0 heterocycles. The topological polar surface area (TPSA) is 96.0 Å². The van der Waals surface area contributed by atoms with E-state index in [0.29, 0.717) is 12.3 Å². The summed E-state index contributed by atoms with van der Waals surface area (Å²) in [6.45, 7) is 3.78. The van der Waals surface area contributed by atoms with Crippen molar-refractivity contribution in [2.24, 2.45) is 0 Å². The smallest absolute Gasteiger partial charge is 0.264 e. The van der Waals surface area contributed by atoms with Gasteiger partial charge in [-0.3, -0.25) is 13.9 Å². The first-order valence-corrected chi connectivity index (χ1v) is 16.9. The van der Waals surface area contributed by atoms with Crippen LogP contribution in [0.1, 0.15) is 30.0 Å². The van der Waals surface area contributed by atoms with Gasteiger partial charge in [0.1, 0.15) is 18.3 Å². The van der Waals surface area contributed by atoms with E-state index >= 15 is 0 Å². The second-order valence-corrected chi connectivity index (χ2v) is 13.4. The summed E-state index contributed by atoms with van der Waals surface area (Å²) in [5.74, 6) is -0.542. The number of rotatable bonds is 14. The molecular weight excluding hydrogens is 654 g/mol. The third kappa shape index (κ3) is 8.73. The Morgan fingerprint density at radius 2 is 1.53 bits per heavy atom. The number of nitrogens with zero attached hydrogens (tertiary/aromatic N) is 2. The van der Waals surface area contributed by atoms with Crippen molar-refractivity contribution < 1.29 is 22.7 Å². The summed E-state index contributed by atoms with van der Waals surface area (Å²) in [6, 6.07) is 29.2. The number of hydrogen-bond acceptors (Lipinski definition) is 5. The Kier molecular flexibility index (Phi) is 11.8. The fraction of sp³-hybridized carbons (Fsp3) is 0.257. The number of methoxy groups -OCH3 is 1. The first-order chi connectivity index (χ1) is 21.6. The number of carbonyl (C=O) groups excluding carboxylic acids is 2. The zero-order valence-corrected chi connectivity index (χ0v) is 28.1. The standard InChI is InChI=1S/C35H38BrN3O5S/c1-4-21-37-35(41)32(23-27-11-7-5-8-12-27)38(24-28-16-18-29(36)19-17-28)34(40)25-39(31-22-26(2)15-20-33(31)44-3)45(42,43)30-13-9-6-10-14-30/h5-20,22,32H,4,21,23-25H2,1-3H3,(H,37,41). The highest BCUT2D eigenvalue weighted by Crippen LogP contribution is 2.34. The SMILES string of the molecule is CCCNC(=O)C(Cc1ccccc1)N(Cc1ccc(Br)cc1)C(=O)CN(c1cc(C)ccc1OC)S(=O)(=O)c1ccccc1. The lowest BCUT2D eigenvalue weighted by atomic mass is 10.0. The number of amides is 2. The van der Waals surface area contributed by atoms with Gasteiger partial charge in [0, 0.05) is 24.0 Å². The number of sulfonamides is 1. The maximum atomic E-state index is 14.6. The second kappa shape index (κ2) is 15.7. The van der Waals surface area contributed by atoms with Crippen LogP contribution in [0.5, 0.6) is 5.75 Å². The van der Waals surface area contributed by atoms with Crippen LogP contribution in [-0.2, 0) is 32.6 Å². The van der Waals surface area contributed by atoms with E-state index in [9.17, 15) is 18.0 Å². The monoisotopic (exact) mass is 691 g/mol. The molecule has 1 unspecified atom stereocenters. The number of anilines is 1. The van der Waals surface area contributed by atoms with Crippen LogP contribution in [0.15, 0.2) is 112 Å². The summed E-state index contributed by atoms with van der Waals surface area (Å²) < 4.78 is 36.0. The zero-order valence-electron chi connectivity index (χ0n) is 25.6. The number of benzene rings is 4. The van der Waals surface area contributed by atoms with Crippen LogP contribution in [-0.4, -0.2) is 51.4 Å².